The van der Waals surface area contributed by atoms with Gasteiger partial charge in [-0.25, -0.2) is 0 Å². The molecule has 10 heteroatoms. The van der Waals surface area contributed by atoms with Crippen molar-refractivity contribution >= 4 is 39.9 Å². The summed E-state index contributed by atoms with van der Waals surface area (Å²) in [5.41, 5.74) is 2.92. The van der Waals surface area contributed by atoms with Crippen LogP contribution in [0.3, 0.4) is 0 Å². The molecule has 1 heterocycles. The first-order valence-electron chi connectivity index (χ1n) is 13.0. The van der Waals surface area contributed by atoms with Gasteiger partial charge in [-0.15, -0.1) is 0 Å². The lowest BCUT2D eigenvalue weighted by Crippen LogP contribution is -2.52. The molecule has 1 aliphatic carbocycles. The van der Waals surface area contributed by atoms with Gasteiger partial charge in [0.2, 0.25) is 24.5 Å². The van der Waals surface area contributed by atoms with Crippen LogP contribution in [0.4, 0.5) is 11.4 Å². The highest BCUT2D eigenvalue weighted by Gasteiger charge is 2.31. The van der Waals surface area contributed by atoms with E-state index in [1.807, 2.05) is 26.0 Å². The number of carbonyl (C=O) groups is 3. The Labute approximate surface area is 225 Å². The summed E-state index contributed by atoms with van der Waals surface area (Å²) in [6, 6.07) is 9.83. The molecule has 4 rings (SSSR count). The molecule has 0 unspecified atom stereocenters. The Morgan fingerprint density at radius 3 is 2.53 bits per heavy atom. The van der Waals surface area contributed by atoms with Crippen LogP contribution in [0.2, 0.25) is 0 Å². The van der Waals surface area contributed by atoms with Crippen LogP contribution in [0.1, 0.15) is 50.2 Å². The Morgan fingerprint density at radius 1 is 1.03 bits per heavy atom. The monoisotopic (exact) mass is 541 g/mol. The molecule has 0 radical (unpaired) electrons. The summed E-state index contributed by atoms with van der Waals surface area (Å²) in [4.78, 5) is 40.7. The number of amides is 3. The van der Waals surface area contributed by atoms with Crippen molar-refractivity contribution < 1.29 is 28.1 Å². The lowest BCUT2D eigenvalue weighted by Gasteiger charge is -2.32. The largest absolute Gasteiger partial charge is 0.454 e. The Bertz CT molecular complexity index is 1230. The summed E-state index contributed by atoms with van der Waals surface area (Å²) < 4.78 is 23.5. The number of fused-ring (bicyclic) bond motifs is 1. The van der Waals surface area contributed by atoms with Crippen LogP contribution in [0.15, 0.2) is 36.4 Å². The quantitative estimate of drug-likeness (QED) is 0.502. The van der Waals surface area contributed by atoms with E-state index in [1.165, 1.54) is 11.3 Å². The third kappa shape index (κ3) is 6.72. The van der Waals surface area contributed by atoms with Gasteiger partial charge in [0, 0.05) is 34.3 Å². The van der Waals surface area contributed by atoms with E-state index in [2.05, 4.69) is 10.6 Å². The van der Waals surface area contributed by atoms with Crippen molar-refractivity contribution in [3.8, 4) is 11.5 Å². The normalized spacial score (nSPS) is 16.4. The van der Waals surface area contributed by atoms with Gasteiger partial charge in [0.15, 0.2) is 11.5 Å². The fraction of sp³-hybridized carbons (Fsp3) is 0.464. The molecule has 204 valence electrons. The molecule has 0 aromatic heterocycles. The van der Waals surface area contributed by atoms with Crippen LogP contribution < -0.4 is 25.0 Å². The molecule has 0 saturated heterocycles. The number of benzene rings is 2. The molecule has 3 amide bonds. The van der Waals surface area contributed by atoms with E-state index in [4.69, 9.17) is 9.47 Å². The first kappa shape index (κ1) is 27.6. The van der Waals surface area contributed by atoms with E-state index in [9.17, 15) is 18.6 Å². The standard InChI is InChI=1S/C28H35N3O6S/c1-18-8-7-11-23(19(18)2)31(20(3)28(34)30-21-9-5-4-6-10-21)27(33)16-38(35)15-26(32)29-22-12-13-24-25(14-22)37-17-36-24/h7-8,11-14,20-21H,4-6,9-10,15-17H2,1-3H3,(H,29,32)(H,30,34)/t20-,38-/m0/s1. The molecule has 9 nitrogen and oxygen atoms in total. The zero-order chi connectivity index (χ0) is 27.2. The van der Waals surface area contributed by atoms with Crippen molar-refractivity contribution in [3.63, 3.8) is 0 Å². The van der Waals surface area contributed by atoms with Crippen molar-refractivity contribution in [2.75, 3.05) is 28.5 Å². The zero-order valence-corrected chi connectivity index (χ0v) is 22.9. The molecule has 2 aromatic rings. The number of hydrogen-bond donors (Lipinski definition) is 2. The van der Waals surface area contributed by atoms with E-state index >= 15 is 0 Å². The number of aryl methyl sites for hydroxylation is 1. The molecule has 0 bridgehead atoms. The fourth-order valence-electron chi connectivity index (χ4n) is 4.82. The third-order valence-electron chi connectivity index (χ3n) is 7.06. The predicted molar refractivity (Wildman–Crippen MR) is 147 cm³/mol. The minimum atomic E-state index is -1.79. The number of nitrogens with one attached hydrogen (secondary N) is 2. The summed E-state index contributed by atoms with van der Waals surface area (Å²) in [6.07, 6.45) is 5.18. The van der Waals surface area contributed by atoms with E-state index in [0.717, 1.165) is 36.8 Å². The van der Waals surface area contributed by atoms with Gasteiger partial charge in [-0.2, -0.15) is 0 Å². The van der Waals surface area contributed by atoms with Gasteiger partial charge in [0.25, 0.3) is 0 Å². The second-order valence-electron chi connectivity index (χ2n) is 9.85. The summed E-state index contributed by atoms with van der Waals surface area (Å²) in [6.45, 7) is 5.64. The maximum absolute atomic E-state index is 13.5. The SMILES string of the molecule is Cc1cccc(N(C(=O)C[S@@](=O)CC(=O)Nc2ccc3c(c2)OCO3)[C@@H](C)C(=O)NC2CCCCC2)c1C. The van der Waals surface area contributed by atoms with E-state index in [0.29, 0.717) is 22.9 Å². The van der Waals surface area contributed by atoms with Crippen molar-refractivity contribution in [1.82, 2.24) is 5.32 Å². The predicted octanol–water partition coefficient (Wildman–Crippen LogP) is 3.59. The van der Waals surface area contributed by atoms with Crippen molar-refractivity contribution in [2.45, 2.75) is 65.0 Å². The number of carbonyl (C=O) groups excluding carboxylic acids is 3. The van der Waals surface area contributed by atoms with Crippen LogP contribution in [0.5, 0.6) is 11.5 Å². The van der Waals surface area contributed by atoms with E-state index in [1.54, 1.807) is 31.2 Å². The van der Waals surface area contributed by atoms with Gasteiger partial charge < -0.3 is 20.1 Å². The topological polar surface area (TPSA) is 114 Å². The maximum Gasteiger partial charge on any atom is 0.243 e. The van der Waals surface area contributed by atoms with Crippen LogP contribution in [0.25, 0.3) is 0 Å². The molecule has 2 aromatic carbocycles. The Balaban J connectivity index is 1.43. The molecule has 2 atom stereocenters. The molecule has 38 heavy (non-hydrogen) atoms. The first-order chi connectivity index (χ1) is 18.2. The van der Waals surface area contributed by atoms with Crippen molar-refractivity contribution in [1.29, 1.82) is 0 Å². The summed E-state index contributed by atoms with van der Waals surface area (Å²) >= 11 is 0. The van der Waals surface area contributed by atoms with E-state index in [-0.39, 0.29) is 30.2 Å². The molecule has 2 N–H and O–H groups in total. The summed E-state index contributed by atoms with van der Waals surface area (Å²) in [7, 11) is -1.79. The molecular formula is C28H35N3O6S. The van der Waals surface area contributed by atoms with Gasteiger partial charge in [-0.1, -0.05) is 31.4 Å². The minimum Gasteiger partial charge on any atom is -0.454 e. The molecular weight excluding hydrogens is 506 g/mol. The lowest BCUT2D eigenvalue weighted by atomic mass is 9.95. The van der Waals surface area contributed by atoms with Gasteiger partial charge in [-0.05, 0) is 62.9 Å². The molecule has 1 saturated carbocycles. The van der Waals surface area contributed by atoms with Crippen LogP contribution >= 0.6 is 0 Å². The minimum absolute atomic E-state index is 0.100. The average Bonchev–Trinajstić information content (AvgIpc) is 3.35. The second kappa shape index (κ2) is 12.4. The van der Waals surface area contributed by atoms with Gasteiger partial charge in [-0.3, -0.25) is 23.5 Å². The Morgan fingerprint density at radius 2 is 1.76 bits per heavy atom. The Kier molecular flexibility index (Phi) is 9.04. The zero-order valence-electron chi connectivity index (χ0n) is 22.1. The number of hydrogen-bond acceptors (Lipinski definition) is 6. The molecule has 1 aliphatic heterocycles. The van der Waals surface area contributed by atoms with Crippen molar-refractivity contribution in [3.05, 3.63) is 47.5 Å². The highest BCUT2D eigenvalue weighted by molar-refractivity contribution is 7.86. The number of anilines is 2. The van der Waals surface area contributed by atoms with Crippen LogP contribution in [-0.2, 0) is 25.2 Å². The summed E-state index contributed by atoms with van der Waals surface area (Å²) in [5, 5.41) is 5.78. The van der Waals surface area contributed by atoms with Gasteiger partial charge >= 0.3 is 0 Å². The third-order valence-corrected chi connectivity index (χ3v) is 8.21. The maximum atomic E-state index is 13.5. The molecule has 2 aliphatic rings. The molecule has 1 fully saturated rings. The highest BCUT2D eigenvalue weighted by atomic mass is 32.2. The first-order valence-corrected chi connectivity index (χ1v) is 14.4. The average molecular weight is 542 g/mol. The number of nitrogens with zero attached hydrogens (tertiary/aromatic N) is 1. The fourth-order valence-corrected chi connectivity index (χ4v) is 5.70. The van der Waals surface area contributed by atoms with Gasteiger partial charge in [0.05, 0.1) is 0 Å². The van der Waals surface area contributed by atoms with E-state index < -0.39 is 28.7 Å². The van der Waals surface area contributed by atoms with Crippen molar-refractivity contribution in [2.24, 2.45) is 0 Å². The second-order valence-corrected chi connectivity index (χ2v) is 11.3. The molecule has 0 spiro atoms. The number of rotatable bonds is 9. The highest BCUT2D eigenvalue weighted by Crippen LogP contribution is 2.34. The lowest BCUT2D eigenvalue weighted by molar-refractivity contribution is -0.126. The van der Waals surface area contributed by atoms with Crippen LogP contribution in [-0.4, -0.2) is 52.3 Å². The smallest absolute Gasteiger partial charge is 0.243 e. The number of ether oxygens (including phenoxy) is 2. The van der Waals surface area contributed by atoms with Gasteiger partial charge in [0.1, 0.15) is 17.5 Å². The Hall–Kier alpha value is -3.40. The van der Waals surface area contributed by atoms with Crippen LogP contribution in [0, 0.1) is 13.8 Å². The summed E-state index contributed by atoms with van der Waals surface area (Å²) in [5.74, 6) is -0.839.